The Kier molecular flexibility index (Phi) is 5.00. The van der Waals surface area contributed by atoms with E-state index in [0.717, 1.165) is 12.1 Å². The molecule has 0 radical (unpaired) electrons. The molecule has 0 spiro atoms. The number of hydrogen-bond donors (Lipinski definition) is 1. The lowest BCUT2D eigenvalue weighted by atomic mass is 9.83. The number of aromatic nitrogens is 1. The van der Waals surface area contributed by atoms with E-state index in [0.29, 0.717) is 25.2 Å². The zero-order valence-electron chi connectivity index (χ0n) is 15.7. The lowest BCUT2D eigenvalue weighted by Crippen LogP contribution is -2.52. The summed E-state index contributed by atoms with van der Waals surface area (Å²) in [6, 6.07) is 15.6. The Balaban J connectivity index is 1.47. The number of fused-ring (bicyclic) bond motifs is 4. The Labute approximate surface area is 167 Å². The Morgan fingerprint density at radius 2 is 1.86 bits per heavy atom. The zero-order valence-corrected chi connectivity index (χ0v) is 15.7. The minimum Gasteiger partial charge on any atom is -0.323 e. The van der Waals surface area contributed by atoms with Crippen LogP contribution in [0.1, 0.15) is 23.6 Å². The predicted molar refractivity (Wildman–Crippen MR) is 107 cm³/mol. The second-order valence-electron chi connectivity index (χ2n) is 7.44. The third-order valence-electron chi connectivity index (χ3n) is 5.46. The second-order valence-corrected chi connectivity index (χ2v) is 7.44. The Hall–Kier alpha value is -3.66. The lowest BCUT2D eigenvalue weighted by molar-refractivity contribution is -0.116. The molecule has 2 bridgehead atoms. The van der Waals surface area contributed by atoms with Gasteiger partial charge in [-0.05, 0) is 30.0 Å². The number of imide groups is 1. The van der Waals surface area contributed by atoms with E-state index in [1.165, 1.54) is 6.08 Å². The van der Waals surface area contributed by atoms with Gasteiger partial charge in [0.1, 0.15) is 11.6 Å². The molecule has 29 heavy (non-hydrogen) atoms. The topological polar surface area (TPSA) is 95.2 Å². The third kappa shape index (κ3) is 3.83. The van der Waals surface area contributed by atoms with Gasteiger partial charge in [-0.25, -0.2) is 4.79 Å². The number of amides is 3. The molecule has 2 aliphatic rings. The highest BCUT2D eigenvalue weighted by Gasteiger charge is 2.36. The van der Waals surface area contributed by atoms with Crippen molar-refractivity contribution in [1.82, 2.24) is 14.8 Å². The van der Waals surface area contributed by atoms with Gasteiger partial charge < -0.3 is 9.47 Å². The fourth-order valence-corrected chi connectivity index (χ4v) is 4.17. The highest BCUT2D eigenvalue weighted by atomic mass is 16.2. The van der Waals surface area contributed by atoms with E-state index in [4.69, 9.17) is 0 Å². The van der Waals surface area contributed by atoms with Crippen LogP contribution in [-0.4, -0.2) is 34.5 Å². The standard InChI is InChI=1S/C22H20N4O3/c23-11-17(9-15-5-2-1-3-6-15)21(28)24-22(29)25-12-16-10-18(14-25)19-7-4-8-20(27)26(19)13-16/h1-9,16,18H,10,12-14H2,(H,24,28,29)/b17-9+/t16-,18-/m1/s1. The summed E-state index contributed by atoms with van der Waals surface area (Å²) in [6.07, 6.45) is 2.37. The van der Waals surface area contributed by atoms with Crippen LogP contribution >= 0.6 is 0 Å². The van der Waals surface area contributed by atoms with Gasteiger partial charge in [0.2, 0.25) is 0 Å². The van der Waals surface area contributed by atoms with Crippen LogP contribution in [0.25, 0.3) is 6.08 Å². The molecule has 1 N–H and O–H groups in total. The smallest absolute Gasteiger partial charge is 0.323 e. The maximum absolute atomic E-state index is 12.7. The first kappa shape index (κ1) is 18.7. The number of benzene rings is 1. The van der Waals surface area contributed by atoms with Gasteiger partial charge in [0.05, 0.1) is 0 Å². The summed E-state index contributed by atoms with van der Waals surface area (Å²) in [4.78, 5) is 38.8. The van der Waals surface area contributed by atoms with Gasteiger partial charge in [-0.2, -0.15) is 5.26 Å². The number of likely N-dealkylation sites (tertiary alicyclic amines) is 1. The van der Waals surface area contributed by atoms with Gasteiger partial charge in [-0.1, -0.05) is 36.4 Å². The molecule has 0 saturated carbocycles. The van der Waals surface area contributed by atoms with Crippen molar-refractivity contribution in [1.29, 1.82) is 5.26 Å². The Morgan fingerprint density at radius 1 is 1.07 bits per heavy atom. The molecular formula is C22H20N4O3. The van der Waals surface area contributed by atoms with Crippen molar-refractivity contribution in [3.05, 3.63) is 75.7 Å². The third-order valence-corrected chi connectivity index (χ3v) is 5.46. The molecule has 3 amide bonds. The summed E-state index contributed by atoms with van der Waals surface area (Å²) in [7, 11) is 0. The van der Waals surface area contributed by atoms with E-state index in [2.05, 4.69) is 5.32 Å². The fraction of sp³-hybridized carbons (Fsp3) is 0.273. The average molecular weight is 388 g/mol. The summed E-state index contributed by atoms with van der Waals surface area (Å²) in [5.74, 6) is -0.487. The molecule has 7 heteroatoms. The number of rotatable bonds is 2. The number of carbonyl (C=O) groups is 2. The number of pyridine rings is 1. The SMILES string of the molecule is N#C/C(=C\c1ccccc1)C(=O)NC(=O)N1C[C@H]2C[C@H](C1)c1cccc(=O)n1C2. The van der Waals surface area contributed by atoms with Crippen LogP contribution in [0.15, 0.2) is 58.9 Å². The zero-order chi connectivity index (χ0) is 20.4. The van der Waals surface area contributed by atoms with Gasteiger partial charge >= 0.3 is 6.03 Å². The van der Waals surface area contributed by atoms with E-state index in [1.54, 1.807) is 45.9 Å². The molecule has 1 saturated heterocycles. The second kappa shape index (κ2) is 7.76. The summed E-state index contributed by atoms with van der Waals surface area (Å²) >= 11 is 0. The molecule has 1 fully saturated rings. The van der Waals surface area contributed by atoms with Crippen molar-refractivity contribution < 1.29 is 9.59 Å². The lowest BCUT2D eigenvalue weighted by Gasteiger charge is -2.42. The van der Waals surface area contributed by atoms with Gasteiger partial charge in [-0.3, -0.25) is 14.9 Å². The number of piperidine rings is 1. The largest absolute Gasteiger partial charge is 0.324 e. The Bertz CT molecular complexity index is 1080. The first-order chi connectivity index (χ1) is 14.0. The molecule has 3 heterocycles. The molecule has 2 aliphatic heterocycles. The van der Waals surface area contributed by atoms with Gasteiger partial charge in [-0.15, -0.1) is 0 Å². The Morgan fingerprint density at radius 3 is 2.62 bits per heavy atom. The number of nitrogens with zero attached hydrogens (tertiary/aromatic N) is 3. The summed E-state index contributed by atoms with van der Waals surface area (Å²) in [5, 5.41) is 11.6. The van der Waals surface area contributed by atoms with E-state index in [9.17, 15) is 19.6 Å². The van der Waals surface area contributed by atoms with Gasteiger partial charge in [0.15, 0.2) is 0 Å². The highest BCUT2D eigenvalue weighted by Crippen LogP contribution is 2.34. The number of carbonyl (C=O) groups excluding carboxylic acids is 2. The molecule has 146 valence electrons. The quantitative estimate of drug-likeness (QED) is 0.630. The number of hydrogen-bond acceptors (Lipinski definition) is 4. The van der Waals surface area contributed by atoms with Gasteiger partial charge in [0, 0.05) is 37.3 Å². The molecule has 0 unspecified atom stereocenters. The molecule has 1 aromatic heterocycles. The molecule has 4 rings (SSSR count). The van der Waals surface area contributed by atoms with Crippen molar-refractivity contribution in [2.75, 3.05) is 13.1 Å². The molecule has 1 aromatic carbocycles. The van der Waals surface area contributed by atoms with Crippen LogP contribution in [0.3, 0.4) is 0 Å². The molecule has 2 atom stereocenters. The van der Waals surface area contributed by atoms with Crippen LogP contribution in [0.5, 0.6) is 0 Å². The van der Waals surface area contributed by atoms with E-state index in [1.807, 2.05) is 18.2 Å². The maximum Gasteiger partial charge on any atom is 0.324 e. The normalized spacial score (nSPS) is 20.4. The minimum absolute atomic E-state index is 0.0185. The van der Waals surface area contributed by atoms with E-state index >= 15 is 0 Å². The fourth-order valence-electron chi connectivity index (χ4n) is 4.17. The summed E-state index contributed by atoms with van der Waals surface area (Å²) < 4.78 is 1.79. The van der Waals surface area contributed by atoms with Crippen molar-refractivity contribution in [3.8, 4) is 6.07 Å². The first-order valence-corrected chi connectivity index (χ1v) is 9.52. The van der Waals surface area contributed by atoms with Gasteiger partial charge in [0.25, 0.3) is 11.5 Å². The van der Waals surface area contributed by atoms with Crippen LogP contribution in [0, 0.1) is 17.2 Å². The number of nitriles is 1. The van der Waals surface area contributed by atoms with Crippen LogP contribution in [0.2, 0.25) is 0 Å². The first-order valence-electron chi connectivity index (χ1n) is 9.52. The summed E-state index contributed by atoms with van der Waals surface area (Å²) in [6.45, 7) is 1.48. The van der Waals surface area contributed by atoms with Crippen molar-refractivity contribution >= 4 is 18.0 Å². The molecular weight excluding hydrogens is 368 g/mol. The van der Waals surface area contributed by atoms with Crippen molar-refractivity contribution in [2.45, 2.75) is 18.9 Å². The molecule has 7 nitrogen and oxygen atoms in total. The van der Waals surface area contributed by atoms with E-state index in [-0.39, 0.29) is 23.0 Å². The molecule has 0 aliphatic carbocycles. The summed E-state index contributed by atoms with van der Waals surface area (Å²) in [5.41, 5.74) is 1.49. The van der Waals surface area contributed by atoms with E-state index < -0.39 is 11.9 Å². The average Bonchev–Trinajstić information content (AvgIpc) is 2.73. The van der Waals surface area contributed by atoms with Crippen molar-refractivity contribution in [2.24, 2.45) is 5.92 Å². The maximum atomic E-state index is 12.7. The van der Waals surface area contributed by atoms with Crippen LogP contribution in [0.4, 0.5) is 4.79 Å². The van der Waals surface area contributed by atoms with Crippen LogP contribution in [-0.2, 0) is 11.3 Å². The number of nitrogens with one attached hydrogen (secondary N) is 1. The van der Waals surface area contributed by atoms with Crippen molar-refractivity contribution in [3.63, 3.8) is 0 Å². The predicted octanol–water partition coefficient (Wildman–Crippen LogP) is 2.11. The van der Waals surface area contributed by atoms with Crippen LogP contribution < -0.4 is 10.9 Å². The number of urea groups is 1. The molecule has 2 aromatic rings. The monoisotopic (exact) mass is 388 g/mol. The minimum atomic E-state index is -0.714. The highest BCUT2D eigenvalue weighted by molar-refractivity contribution is 6.08.